The van der Waals surface area contributed by atoms with Gasteiger partial charge in [-0.05, 0) is 26.3 Å². The van der Waals surface area contributed by atoms with E-state index in [2.05, 4.69) is 11.9 Å². The first-order valence-electron chi connectivity index (χ1n) is 5.84. The molecule has 0 unspecified atom stereocenters. The molecule has 0 atom stereocenters. The van der Waals surface area contributed by atoms with Crippen LogP contribution in [0.1, 0.15) is 20.3 Å². The van der Waals surface area contributed by atoms with Crippen LogP contribution in [0.2, 0.25) is 0 Å². The van der Waals surface area contributed by atoms with E-state index in [9.17, 15) is 10.1 Å². The van der Waals surface area contributed by atoms with Crippen LogP contribution >= 0.6 is 0 Å². The fourth-order valence-electron chi connectivity index (χ4n) is 1.44. The zero-order valence-electron chi connectivity index (χ0n) is 10.7. The average Bonchev–Trinajstić information content (AvgIpc) is 2.28. The Labute approximate surface area is 107 Å². The van der Waals surface area contributed by atoms with Crippen molar-refractivity contribution < 1.29 is 9.66 Å². The molecule has 0 aliphatic rings. The van der Waals surface area contributed by atoms with E-state index < -0.39 is 4.92 Å². The lowest BCUT2D eigenvalue weighted by Crippen LogP contribution is -2.08. The van der Waals surface area contributed by atoms with Gasteiger partial charge in [0.15, 0.2) is 5.75 Å². The summed E-state index contributed by atoms with van der Waals surface area (Å²) in [5.41, 5.74) is 0.788. The Kier molecular flexibility index (Phi) is 5.17. The molecular weight excluding hydrogens is 232 g/mol. The molecule has 0 saturated carbocycles. The molecule has 0 aliphatic heterocycles. The molecule has 1 aromatic carbocycles. The van der Waals surface area contributed by atoms with Crippen LogP contribution in [0.25, 0.3) is 0 Å². The number of ether oxygens (including phenoxy) is 1. The maximum atomic E-state index is 10.9. The molecule has 1 rings (SSSR count). The lowest BCUT2D eigenvalue weighted by molar-refractivity contribution is -0.386. The van der Waals surface area contributed by atoms with E-state index in [4.69, 9.17) is 4.74 Å². The summed E-state index contributed by atoms with van der Waals surface area (Å²) in [5.74, 6) is 0.290. The minimum Gasteiger partial charge on any atom is -0.484 e. The topological polar surface area (TPSA) is 64.4 Å². The van der Waals surface area contributed by atoms with Crippen molar-refractivity contribution >= 4 is 11.4 Å². The van der Waals surface area contributed by atoms with Crippen LogP contribution in [0.5, 0.6) is 5.75 Å². The second kappa shape index (κ2) is 6.64. The highest BCUT2D eigenvalue weighted by molar-refractivity contribution is 5.58. The Morgan fingerprint density at radius 3 is 2.83 bits per heavy atom. The molecule has 0 heterocycles. The van der Waals surface area contributed by atoms with Gasteiger partial charge in [0, 0.05) is 24.4 Å². The van der Waals surface area contributed by atoms with Crippen molar-refractivity contribution in [3.05, 3.63) is 41.0 Å². The molecule has 0 aromatic heterocycles. The molecule has 0 fully saturated rings. The number of anilines is 1. The first-order valence-corrected chi connectivity index (χ1v) is 5.84. The quantitative estimate of drug-likeness (QED) is 0.349. The fourth-order valence-corrected chi connectivity index (χ4v) is 1.44. The molecule has 0 saturated heterocycles. The Balaban J connectivity index is 2.90. The third-order valence-electron chi connectivity index (χ3n) is 2.20. The molecule has 18 heavy (non-hydrogen) atoms. The molecule has 0 spiro atoms. The molecule has 1 N–H and O–H groups in total. The highest BCUT2D eigenvalue weighted by Crippen LogP contribution is 2.30. The van der Waals surface area contributed by atoms with Crippen LogP contribution in [-0.2, 0) is 0 Å². The fraction of sp³-hybridized carbons (Fsp3) is 0.385. The Morgan fingerprint density at radius 2 is 2.28 bits per heavy atom. The number of nitro groups is 1. The van der Waals surface area contributed by atoms with Crippen LogP contribution < -0.4 is 10.1 Å². The van der Waals surface area contributed by atoms with Gasteiger partial charge in [-0.25, -0.2) is 0 Å². The number of rotatable bonds is 7. The average molecular weight is 250 g/mol. The summed E-state index contributed by atoms with van der Waals surface area (Å²) < 4.78 is 5.45. The zero-order chi connectivity index (χ0) is 13.5. The Hall–Kier alpha value is -2.04. The molecule has 5 nitrogen and oxygen atoms in total. The summed E-state index contributed by atoms with van der Waals surface area (Å²) in [6.45, 7) is 8.04. The SMILES string of the molecule is C=CCCNc1ccc([N+](=O)[O-])c(OC(C)C)c1. The third kappa shape index (κ3) is 4.08. The van der Waals surface area contributed by atoms with Crippen molar-refractivity contribution in [2.24, 2.45) is 0 Å². The van der Waals surface area contributed by atoms with Crippen LogP contribution in [0.15, 0.2) is 30.9 Å². The van der Waals surface area contributed by atoms with Gasteiger partial charge in [0.25, 0.3) is 0 Å². The van der Waals surface area contributed by atoms with Crippen molar-refractivity contribution in [3.63, 3.8) is 0 Å². The van der Waals surface area contributed by atoms with Gasteiger partial charge in [0.1, 0.15) is 0 Å². The Morgan fingerprint density at radius 1 is 1.56 bits per heavy atom. The first kappa shape index (κ1) is 14.0. The summed E-state index contributed by atoms with van der Waals surface area (Å²) in [5, 5.41) is 14.0. The van der Waals surface area contributed by atoms with Crippen LogP contribution in [0.4, 0.5) is 11.4 Å². The van der Waals surface area contributed by atoms with Crippen molar-refractivity contribution in [2.75, 3.05) is 11.9 Å². The van der Waals surface area contributed by atoms with Crippen molar-refractivity contribution in [3.8, 4) is 5.75 Å². The molecular formula is C13H18N2O3. The van der Waals surface area contributed by atoms with E-state index in [1.807, 2.05) is 19.9 Å². The molecule has 0 amide bonds. The van der Waals surface area contributed by atoms with E-state index in [1.54, 1.807) is 12.1 Å². The number of nitrogens with one attached hydrogen (secondary N) is 1. The predicted octanol–water partition coefficient (Wildman–Crippen LogP) is 3.37. The van der Waals surface area contributed by atoms with Crippen molar-refractivity contribution in [2.45, 2.75) is 26.4 Å². The lowest BCUT2D eigenvalue weighted by Gasteiger charge is -2.12. The zero-order valence-corrected chi connectivity index (χ0v) is 10.7. The smallest absolute Gasteiger partial charge is 0.311 e. The van der Waals surface area contributed by atoms with Crippen LogP contribution in [0, 0.1) is 10.1 Å². The largest absolute Gasteiger partial charge is 0.484 e. The van der Waals surface area contributed by atoms with Crippen LogP contribution in [0.3, 0.4) is 0 Å². The predicted molar refractivity (Wildman–Crippen MR) is 72.2 cm³/mol. The molecule has 0 bridgehead atoms. The van der Waals surface area contributed by atoms with Gasteiger partial charge in [0.05, 0.1) is 11.0 Å². The highest BCUT2D eigenvalue weighted by atomic mass is 16.6. The second-order valence-electron chi connectivity index (χ2n) is 4.11. The van der Waals surface area contributed by atoms with E-state index in [0.717, 1.165) is 18.7 Å². The number of hydrogen-bond acceptors (Lipinski definition) is 4. The maximum absolute atomic E-state index is 10.9. The summed E-state index contributed by atoms with van der Waals surface area (Å²) >= 11 is 0. The van der Waals surface area contributed by atoms with E-state index in [0.29, 0.717) is 5.75 Å². The molecule has 5 heteroatoms. The molecule has 0 aliphatic carbocycles. The first-order chi connectivity index (χ1) is 8.54. The normalized spacial score (nSPS) is 10.2. The number of nitrogens with zero attached hydrogens (tertiary/aromatic N) is 1. The van der Waals surface area contributed by atoms with Crippen molar-refractivity contribution in [1.29, 1.82) is 0 Å². The van der Waals surface area contributed by atoms with Gasteiger partial charge in [0.2, 0.25) is 0 Å². The van der Waals surface area contributed by atoms with Gasteiger partial charge >= 0.3 is 5.69 Å². The van der Waals surface area contributed by atoms with E-state index in [-0.39, 0.29) is 11.8 Å². The van der Waals surface area contributed by atoms with Gasteiger partial charge in [-0.2, -0.15) is 0 Å². The van der Waals surface area contributed by atoms with Crippen molar-refractivity contribution in [1.82, 2.24) is 0 Å². The lowest BCUT2D eigenvalue weighted by atomic mass is 10.2. The minimum atomic E-state index is -0.439. The van der Waals surface area contributed by atoms with Gasteiger partial charge in [-0.1, -0.05) is 6.08 Å². The van der Waals surface area contributed by atoms with Gasteiger partial charge < -0.3 is 10.1 Å². The second-order valence-corrected chi connectivity index (χ2v) is 4.11. The molecule has 1 aromatic rings. The van der Waals surface area contributed by atoms with E-state index >= 15 is 0 Å². The maximum Gasteiger partial charge on any atom is 0.311 e. The number of hydrogen-bond donors (Lipinski definition) is 1. The molecule has 0 radical (unpaired) electrons. The summed E-state index contributed by atoms with van der Waals surface area (Å²) in [4.78, 5) is 10.4. The summed E-state index contributed by atoms with van der Waals surface area (Å²) in [6, 6.07) is 4.78. The Bertz CT molecular complexity index is 430. The third-order valence-corrected chi connectivity index (χ3v) is 2.20. The number of benzene rings is 1. The standard InChI is InChI=1S/C13H18N2O3/c1-4-5-8-14-11-6-7-12(15(16)17)13(9-11)18-10(2)3/h4,6-7,9-10,14H,1,5,8H2,2-3H3. The highest BCUT2D eigenvalue weighted by Gasteiger charge is 2.16. The van der Waals surface area contributed by atoms with E-state index in [1.165, 1.54) is 6.07 Å². The minimum absolute atomic E-state index is 0.0158. The van der Waals surface area contributed by atoms with Gasteiger partial charge in [-0.15, -0.1) is 6.58 Å². The monoisotopic (exact) mass is 250 g/mol. The summed E-state index contributed by atoms with van der Waals surface area (Å²) in [6.07, 6.45) is 2.54. The van der Waals surface area contributed by atoms with Crippen LogP contribution in [-0.4, -0.2) is 17.6 Å². The molecule has 98 valence electrons. The number of nitro benzene ring substituents is 1. The summed E-state index contributed by atoms with van der Waals surface area (Å²) in [7, 11) is 0. The van der Waals surface area contributed by atoms with Gasteiger partial charge in [-0.3, -0.25) is 10.1 Å².